The lowest BCUT2D eigenvalue weighted by Gasteiger charge is -2.18. The number of rotatable bonds is 7. The fourth-order valence-corrected chi connectivity index (χ4v) is 3.47. The Bertz CT molecular complexity index is 1070. The number of benzene rings is 2. The van der Waals surface area contributed by atoms with Crippen molar-refractivity contribution < 1.29 is 4.79 Å². The Morgan fingerprint density at radius 2 is 1.82 bits per heavy atom. The largest absolute Gasteiger partial charge is 0.360 e. The van der Waals surface area contributed by atoms with E-state index < -0.39 is 6.04 Å². The maximum atomic E-state index is 13.4. The predicted octanol–water partition coefficient (Wildman–Crippen LogP) is 4.97. The predicted molar refractivity (Wildman–Crippen MR) is 113 cm³/mol. The Balaban J connectivity index is 1.57. The maximum absolute atomic E-state index is 13.4. The van der Waals surface area contributed by atoms with Gasteiger partial charge < -0.3 is 10.3 Å². The van der Waals surface area contributed by atoms with Gasteiger partial charge in [-0.3, -0.25) is 4.79 Å². The second-order valence-electron chi connectivity index (χ2n) is 6.65. The van der Waals surface area contributed by atoms with Gasteiger partial charge in [0.2, 0.25) is 0 Å². The van der Waals surface area contributed by atoms with Crippen LogP contribution in [0.15, 0.2) is 79.1 Å². The molecule has 2 aromatic carbocycles. The molecule has 0 saturated carbocycles. The molecule has 140 valence electrons. The number of ketones is 1. The third-order valence-electron chi connectivity index (χ3n) is 4.80. The van der Waals surface area contributed by atoms with Crippen LogP contribution in [0.3, 0.4) is 0 Å². The van der Waals surface area contributed by atoms with E-state index in [0.717, 1.165) is 28.5 Å². The van der Waals surface area contributed by atoms with Crippen molar-refractivity contribution in [2.75, 3.05) is 6.54 Å². The molecule has 0 unspecified atom stereocenters. The highest BCUT2D eigenvalue weighted by molar-refractivity contribution is 6.29. The van der Waals surface area contributed by atoms with Crippen LogP contribution in [0.2, 0.25) is 5.15 Å². The van der Waals surface area contributed by atoms with Crippen molar-refractivity contribution >= 4 is 28.3 Å². The summed E-state index contributed by atoms with van der Waals surface area (Å²) < 4.78 is 0. The highest BCUT2D eigenvalue weighted by atomic mass is 35.5. The molecule has 0 spiro atoms. The van der Waals surface area contributed by atoms with E-state index in [1.54, 1.807) is 18.5 Å². The van der Waals surface area contributed by atoms with Gasteiger partial charge in [-0.1, -0.05) is 66.2 Å². The molecule has 2 aromatic heterocycles. The third kappa shape index (κ3) is 3.98. The van der Waals surface area contributed by atoms with Crippen molar-refractivity contribution in [3.05, 3.63) is 101 Å². The highest BCUT2D eigenvalue weighted by Crippen LogP contribution is 2.24. The molecule has 0 amide bonds. The molecule has 0 aliphatic heterocycles. The molecule has 0 bridgehead atoms. The molecule has 0 saturated heterocycles. The normalized spacial score (nSPS) is 12.2. The molecule has 0 radical (unpaired) electrons. The standard InChI is InChI=1S/C23H20ClN3O/c24-21-11-10-16(14-27-21)12-13-25-22(17-6-2-1-3-7-17)23(28)19-15-26-20-9-5-4-8-18(19)20/h1-11,14-15,22,25-26H,12-13H2/t22-/m0/s1. The summed E-state index contributed by atoms with van der Waals surface area (Å²) in [7, 11) is 0. The van der Waals surface area contributed by atoms with Crippen molar-refractivity contribution in [3.8, 4) is 0 Å². The molecular weight excluding hydrogens is 370 g/mol. The number of aromatic nitrogens is 2. The minimum atomic E-state index is -0.416. The Morgan fingerprint density at radius 1 is 1.04 bits per heavy atom. The molecule has 28 heavy (non-hydrogen) atoms. The number of para-hydroxylation sites is 1. The van der Waals surface area contributed by atoms with Gasteiger partial charge in [-0.25, -0.2) is 4.98 Å². The minimum absolute atomic E-state index is 0.0536. The molecule has 1 atom stereocenters. The van der Waals surface area contributed by atoms with E-state index in [-0.39, 0.29) is 5.78 Å². The fraction of sp³-hybridized carbons (Fsp3) is 0.130. The number of hydrogen-bond acceptors (Lipinski definition) is 3. The van der Waals surface area contributed by atoms with Crippen molar-refractivity contribution in [1.82, 2.24) is 15.3 Å². The monoisotopic (exact) mass is 389 g/mol. The molecule has 0 aliphatic carbocycles. The van der Waals surface area contributed by atoms with Crippen LogP contribution in [0.25, 0.3) is 10.9 Å². The van der Waals surface area contributed by atoms with Gasteiger partial charge in [0, 0.05) is 35.4 Å². The summed E-state index contributed by atoms with van der Waals surface area (Å²) in [6, 6.07) is 21.0. The number of fused-ring (bicyclic) bond motifs is 1. The van der Waals surface area contributed by atoms with E-state index >= 15 is 0 Å². The number of Topliss-reactive ketones (excluding diaryl/α,β-unsaturated/α-hetero) is 1. The maximum Gasteiger partial charge on any atom is 0.186 e. The lowest BCUT2D eigenvalue weighted by atomic mass is 9.97. The zero-order valence-electron chi connectivity index (χ0n) is 15.2. The van der Waals surface area contributed by atoms with E-state index in [0.29, 0.717) is 17.3 Å². The van der Waals surface area contributed by atoms with Crippen LogP contribution in [-0.2, 0) is 6.42 Å². The molecule has 4 nitrogen and oxygen atoms in total. The van der Waals surface area contributed by atoms with E-state index in [1.807, 2.05) is 60.7 Å². The van der Waals surface area contributed by atoms with Gasteiger partial charge in [0.25, 0.3) is 0 Å². The van der Waals surface area contributed by atoms with Gasteiger partial charge in [-0.15, -0.1) is 0 Å². The lowest BCUT2D eigenvalue weighted by Crippen LogP contribution is -2.30. The second-order valence-corrected chi connectivity index (χ2v) is 7.04. The quantitative estimate of drug-likeness (QED) is 0.346. The zero-order valence-corrected chi connectivity index (χ0v) is 16.0. The molecule has 0 aliphatic rings. The SMILES string of the molecule is O=C(c1c[nH]c2ccccc12)[C@@H](NCCc1ccc(Cl)nc1)c1ccccc1. The van der Waals surface area contributed by atoms with Crippen LogP contribution < -0.4 is 5.32 Å². The number of nitrogens with one attached hydrogen (secondary N) is 2. The van der Waals surface area contributed by atoms with Gasteiger partial charge in [0.05, 0.1) is 6.04 Å². The fourth-order valence-electron chi connectivity index (χ4n) is 3.35. The molecule has 2 heterocycles. The summed E-state index contributed by atoms with van der Waals surface area (Å²) in [6.07, 6.45) is 4.32. The number of carbonyl (C=O) groups is 1. The number of nitrogens with zero attached hydrogens (tertiary/aromatic N) is 1. The van der Waals surface area contributed by atoms with Crippen LogP contribution >= 0.6 is 11.6 Å². The minimum Gasteiger partial charge on any atom is -0.360 e. The molecular formula is C23H20ClN3O. The smallest absolute Gasteiger partial charge is 0.186 e. The van der Waals surface area contributed by atoms with Crippen LogP contribution in [0.4, 0.5) is 0 Å². The topological polar surface area (TPSA) is 57.8 Å². The number of H-pyrrole nitrogens is 1. The van der Waals surface area contributed by atoms with Crippen molar-refractivity contribution in [2.45, 2.75) is 12.5 Å². The van der Waals surface area contributed by atoms with E-state index in [1.165, 1.54) is 0 Å². The third-order valence-corrected chi connectivity index (χ3v) is 5.02. The van der Waals surface area contributed by atoms with Crippen molar-refractivity contribution in [2.24, 2.45) is 0 Å². The average Bonchev–Trinajstić information content (AvgIpc) is 3.17. The first-order valence-corrected chi connectivity index (χ1v) is 9.59. The van der Waals surface area contributed by atoms with Crippen LogP contribution in [-0.4, -0.2) is 22.3 Å². The highest BCUT2D eigenvalue weighted by Gasteiger charge is 2.23. The summed E-state index contributed by atoms with van der Waals surface area (Å²) in [5.41, 5.74) is 3.69. The van der Waals surface area contributed by atoms with Gasteiger partial charge in [-0.2, -0.15) is 0 Å². The van der Waals surface area contributed by atoms with Crippen LogP contribution in [0.5, 0.6) is 0 Å². The van der Waals surface area contributed by atoms with E-state index in [2.05, 4.69) is 15.3 Å². The Labute approximate surface area is 168 Å². The summed E-state index contributed by atoms with van der Waals surface area (Å²) >= 11 is 5.85. The van der Waals surface area contributed by atoms with Gasteiger partial charge in [-0.05, 0) is 29.7 Å². The van der Waals surface area contributed by atoms with Crippen molar-refractivity contribution in [3.63, 3.8) is 0 Å². The van der Waals surface area contributed by atoms with Gasteiger partial charge in [0.15, 0.2) is 5.78 Å². The summed E-state index contributed by atoms with van der Waals surface area (Å²) in [5.74, 6) is 0.0536. The first kappa shape index (κ1) is 18.4. The first-order chi connectivity index (χ1) is 13.7. The summed E-state index contributed by atoms with van der Waals surface area (Å²) in [6.45, 7) is 0.650. The molecule has 4 aromatic rings. The van der Waals surface area contributed by atoms with E-state index in [9.17, 15) is 4.79 Å². The Morgan fingerprint density at radius 3 is 2.61 bits per heavy atom. The summed E-state index contributed by atoms with van der Waals surface area (Å²) in [5, 5.41) is 4.85. The number of carbonyl (C=O) groups excluding carboxylic acids is 1. The number of halogens is 1. The number of hydrogen-bond donors (Lipinski definition) is 2. The van der Waals surface area contributed by atoms with E-state index in [4.69, 9.17) is 11.6 Å². The second kappa shape index (κ2) is 8.38. The lowest BCUT2D eigenvalue weighted by molar-refractivity contribution is 0.0945. The first-order valence-electron chi connectivity index (χ1n) is 9.21. The Hall–Kier alpha value is -2.95. The molecule has 5 heteroatoms. The van der Waals surface area contributed by atoms with Crippen molar-refractivity contribution in [1.29, 1.82) is 0 Å². The zero-order chi connectivity index (χ0) is 19.3. The van der Waals surface area contributed by atoms with Crippen LogP contribution in [0.1, 0.15) is 27.5 Å². The number of pyridine rings is 1. The molecule has 2 N–H and O–H groups in total. The molecule has 0 fully saturated rings. The van der Waals surface area contributed by atoms with Crippen LogP contribution in [0, 0.1) is 0 Å². The van der Waals surface area contributed by atoms with Gasteiger partial charge in [0.1, 0.15) is 5.15 Å². The van der Waals surface area contributed by atoms with Gasteiger partial charge >= 0.3 is 0 Å². The Kier molecular flexibility index (Phi) is 5.51. The average molecular weight is 390 g/mol. The molecule has 4 rings (SSSR count). The summed E-state index contributed by atoms with van der Waals surface area (Å²) in [4.78, 5) is 20.7. The number of aromatic amines is 1.